The van der Waals surface area contributed by atoms with E-state index in [9.17, 15) is 4.39 Å². The molecule has 0 aliphatic carbocycles. The van der Waals surface area contributed by atoms with E-state index >= 15 is 0 Å². The molecule has 1 unspecified atom stereocenters. The summed E-state index contributed by atoms with van der Waals surface area (Å²) in [6.07, 6.45) is 1.21. The van der Waals surface area contributed by atoms with Crippen LogP contribution in [-0.4, -0.2) is 40.3 Å². The first-order valence-corrected chi connectivity index (χ1v) is 5.82. The van der Waals surface area contributed by atoms with Crippen molar-refractivity contribution in [1.29, 1.82) is 5.41 Å². The first-order chi connectivity index (χ1) is 8.23. The summed E-state index contributed by atoms with van der Waals surface area (Å²) in [5.41, 5.74) is -1.53. The predicted octanol–water partition coefficient (Wildman–Crippen LogP) is 1.62. The Morgan fingerprint density at radius 1 is 1.56 bits per heavy atom. The van der Waals surface area contributed by atoms with Crippen LogP contribution in [0, 0.1) is 5.41 Å². The second-order valence-electron chi connectivity index (χ2n) is 4.54. The minimum atomic E-state index is -1.60. The molecule has 0 aromatic heterocycles. The van der Waals surface area contributed by atoms with Crippen LogP contribution in [0.5, 0.6) is 0 Å². The Hall–Kier alpha value is -1.27. The number of nitrogens with zero attached hydrogens (tertiary/aromatic N) is 2. The number of halogens is 2. The number of rotatable bonds is 3. The van der Waals surface area contributed by atoms with Gasteiger partial charge in [0.15, 0.2) is 5.84 Å². The van der Waals surface area contributed by atoms with Gasteiger partial charge in [0.25, 0.3) is 0 Å². The first kappa shape index (κ1) is 14.8. The van der Waals surface area contributed by atoms with Crippen LogP contribution in [0.2, 0.25) is 0 Å². The maximum absolute atomic E-state index is 13.5. The molecule has 1 atom stereocenters. The monoisotopic (exact) mass is 274 g/mol. The molecule has 0 radical (unpaired) electrons. The lowest BCUT2D eigenvalue weighted by molar-refractivity contribution is 0.264. The lowest BCUT2D eigenvalue weighted by Crippen LogP contribution is -2.41. The highest BCUT2D eigenvalue weighted by atomic mass is 35.5. The van der Waals surface area contributed by atoms with Crippen LogP contribution >= 0.6 is 11.6 Å². The summed E-state index contributed by atoms with van der Waals surface area (Å²) in [6.45, 7) is 4.31. The molecule has 1 aliphatic rings. The molecular weight excluding hydrogens is 259 g/mol. The van der Waals surface area contributed by atoms with Crippen molar-refractivity contribution in [3.63, 3.8) is 0 Å². The first-order valence-electron chi connectivity index (χ1n) is 5.44. The van der Waals surface area contributed by atoms with Gasteiger partial charge in [-0.05, 0) is 38.4 Å². The van der Waals surface area contributed by atoms with E-state index in [4.69, 9.17) is 22.1 Å². The van der Waals surface area contributed by atoms with Crippen molar-refractivity contribution in [2.45, 2.75) is 32.5 Å². The summed E-state index contributed by atoms with van der Waals surface area (Å²) in [4.78, 5) is 7.67. The van der Waals surface area contributed by atoms with E-state index in [0.717, 1.165) is 0 Å². The van der Waals surface area contributed by atoms with E-state index < -0.39 is 5.67 Å². The van der Waals surface area contributed by atoms with Gasteiger partial charge in [0.1, 0.15) is 11.4 Å². The SMILES string of the molecule is CC(CO)NC1=NC(Cl)=N/C(=C/C(C)(C)F)C1=N. The highest BCUT2D eigenvalue weighted by Crippen LogP contribution is 2.18. The van der Waals surface area contributed by atoms with E-state index in [1.807, 2.05) is 0 Å². The molecule has 0 aromatic rings. The Labute approximate surface area is 110 Å². The van der Waals surface area contributed by atoms with E-state index in [1.165, 1.54) is 19.9 Å². The predicted molar refractivity (Wildman–Crippen MR) is 71.4 cm³/mol. The van der Waals surface area contributed by atoms with Gasteiger partial charge in [-0.15, -0.1) is 0 Å². The number of aliphatic imine (C=N–C) groups is 2. The van der Waals surface area contributed by atoms with Crippen molar-refractivity contribution in [2.75, 3.05) is 6.61 Å². The molecule has 0 aromatic carbocycles. The summed E-state index contributed by atoms with van der Waals surface area (Å²) < 4.78 is 13.5. The van der Waals surface area contributed by atoms with E-state index in [0.29, 0.717) is 0 Å². The van der Waals surface area contributed by atoms with Crippen molar-refractivity contribution in [3.8, 4) is 0 Å². The molecule has 1 rings (SSSR count). The van der Waals surface area contributed by atoms with Crippen molar-refractivity contribution < 1.29 is 9.50 Å². The quantitative estimate of drug-likeness (QED) is 0.684. The molecule has 1 heterocycles. The minimum absolute atomic E-state index is 0.0505. The number of alkyl halides is 1. The van der Waals surface area contributed by atoms with Crippen LogP contribution in [0.4, 0.5) is 4.39 Å². The smallest absolute Gasteiger partial charge is 0.225 e. The van der Waals surface area contributed by atoms with E-state index in [2.05, 4.69) is 15.3 Å². The third-order valence-electron chi connectivity index (χ3n) is 2.05. The highest BCUT2D eigenvalue weighted by Gasteiger charge is 2.23. The van der Waals surface area contributed by atoms with Crippen molar-refractivity contribution in [3.05, 3.63) is 11.8 Å². The summed E-state index contributed by atoms with van der Waals surface area (Å²) in [6, 6.07) is -0.286. The Bertz CT molecular complexity index is 437. The molecule has 5 nitrogen and oxygen atoms in total. The van der Waals surface area contributed by atoms with Gasteiger partial charge in [0, 0.05) is 6.04 Å². The van der Waals surface area contributed by atoms with E-state index in [1.54, 1.807) is 6.92 Å². The zero-order chi connectivity index (χ0) is 13.9. The normalized spacial score (nSPS) is 20.6. The zero-order valence-corrected chi connectivity index (χ0v) is 11.2. The fourth-order valence-electron chi connectivity index (χ4n) is 1.26. The molecule has 0 amide bonds. The molecule has 0 spiro atoms. The third kappa shape index (κ3) is 4.19. The fraction of sp³-hybridized carbons (Fsp3) is 0.545. The van der Waals surface area contributed by atoms with Gasteiger partial charge >= 0.3 is 0 Å². The second kappa shape index (κ2) is 5.58. The van der Waals surface area contributed by atoms with Crippen LogP contribution < -0.4 is 5.32 Å². The summed E-state index contributed by atoms with van der Waals surface area (Å²) in [5, 5.41) is 19.5. The Kier molecular flexibility index (Phi) is 4.59. The highest BCUT2D eigenvalue weighted by molar-refractivity contribution is 6.68. The standard InChI is InChI=1S/C11H16ClFN4O/c1-6(5-18)15-9-8(14)7(4-11(2,3)13)16-10(12)17-9/h4,6,14,18H,5H2,1-3H3,(H,15,16,17)/b7-4+,14-8?. The average Bonchev–Trinajstić information content (AvgIpc) is 2.22. The largest absolute Gasteiger partial charge is 0.394 e. The van der Waals surface area contributed by atoms with Crippen LogP contribution in [0.15, 0.2) is 21.8 Å². The molecule has 0 bridgehead atoms. The molecule has 3 N–H and O–H groups in total. The lowest BCUT2D eigenvalue weighted by Gasteiger charge is -2.19. The van der Waals surface area contributed by atoms with Gasteiger partial charge in [-0.3, -0.25) is 5.41 Å². The molecule has 0 saturated carbocycles. The zero-order valence-electron chi connectivity index (χ0n) is 10.5. The van der Waals surface area contributed by atoms with Gasteiger partial charge < -0.3 is 10.4 Å². The number of nitrogens with one attached hydrogen (secondary N) is 2. The van der Waals surface area contributed by atoms with Crippen LogP contribution in [0.25, 0.3) is 0 Å². The van der Waals surface area contributed by atoms with E-state index in [-0.39, 0.29) is 35.2 Å². The Morgan fingerprint density at radius 3 is 2.67 bits per heavy atom. The van der Waals surface area contributed by atoms with Gasteiger partial charge in [0.05, 0.1) is 12.3 Å². The minimum Gasteiger partial charge on any atom is -0.394 e. The molecule has 18 heavy (non-hydrogen) atoms. The Balaban J connectivity index is 3.01. The van der Waals surface area contributed by atoms with Gasteiger partial charge in [0.2, 0.25) is 5.29 Å². The van der Waals surface area contributed by atoms with Crippen molar-refractivity contribution >= 4 is 28.4 Å². The summed E-state index contributed by atoms with van der Waals surface area (Å²) >= 11 is 5.73. The number of aliphatic hydroxyl groups is 1. The fourth-order valence-corrected chi connectivity index (χ4v) is 1.44. The molecule has 1 aliphatic heterocycles. The summed E-state index contributed by atoms with van der Waals surface area (Å²) in [5.74, 6) is 0.173. The van der Waals surface area contributed by atoms with Crippen LogP contribution in [0.1, 0.15) is 20.8 Å². The third-order valence-corrected chi connectivity index (χ3v) is 2.22. The lowest BCUT2D eigenvalue weighted by atomic mass is 10.1. The molecule has 7 heteroatoms. The van der Waals surface area contributed by atoms with Gasteiger partial charge in [-0.25, -0.2) is 9.38 Å². The molecule has 0 fully saturated rings. The Morgan fingerprint density at radius 2 is 2.17 bits per heavy atom. The van der Waals surface area contributed by atoms with Gasteiger partial charge in [-0.1, -0.05) is 0 Å². The number of amidine groups is 2. The number of allylic oxidation sites excluding steroid dienone is 1. The number of hydrogen-bond acceptors (Lipinski definition) is 5. The maximum Gasteiger partial charge on any atom is 0.225 e. The number of hydrogen-bond donors (Lipinski definition) is 3. The summed E-state index contributed by atoms with van der Waals surface area (Å²) in [7, 11) is 0. The average molecular weight is 275 g/mol. The van der Waals surface area contributed by atoms with Gasteiger partial charge in [-0.2, -0.15) is 4.99 Å². The van der Waals surface area contributed by atoms with Crippen molar-refractivity contribution in [1.82, 2.24) is 5.32 Å². The molecule has 100 valence electrons. The van der Waals surface area contributed by atoms with Crippen LogP contribution in [0.3, 0.4) is 0 Å². The maximum atomic E-state index is 13.5. The molecule has 0 saturated heterocycles. The topological polar surface area (TPSA) is 80.8 Å². The molecular formula is C11H16ClFN4O. The van der Waals surface area contributed by atoms with Crippen molar-refractivity contribution in [2.24, 2.45) is 9.98 Å². The second-order valence-corrected chi connectivity index (χ2v) is 4.88. The number of aliphatic hydroxyl groups excluding tert-OH is 1. The van der Waals surface area contributed by atoms with Crippen LogP contribution in [-0.2, 0) is 0 Å².